The topological polar surface area (TPSA) is 9.23 Å². The molecular weight excluding hydrogens is 370 g/mol. The molecule has 0 bridgehead atoms. The van der Waals surface area contributed by atoms with Gasteiger partial charge in [-0.2, -0.15) is 0 Å². The van der Waals surface area contributed by atoms with Crippen molar-refractivity contribution in [2.24, 2.45) is 0 Å². The van der Waals surface area contributed by atoms with Crippen LogP contribution in [0, 0.1) is 11.6 Å². The molecule has 0 aliphatic heterocycles. The van der Waals surface area contributed by atoms with Crippen molar-refractivity contribution >= 4 is 31.9 Å². The minimum absolute atomic E-state index is 0.166. The lowest BCUT2D eigenvalue weighted by Gasteiger charge is -2.08. The molecule has 0 fully saturated rings. The number of benzene rings is 2. The van der Waals surface area contributed by atoms with Crippen LogP contribution in [0.5, 0.6) is 5.75 Å². The Bertz CT molecular complexity index is 573. The molecule has 0 radical (unpaired) electrons. The van der Waals surface area contributed by atoms with Crippen molar-refractivity contribution in [2.45, 2.75) is 6.61 Å². The highest BCUT2D eigenvalue weighted by Gasteiger charge is 2.06. The third-order valence-electron chi connectivity index (χ3n) is 2.32. The molecule has 0 spiro atoms. The zero-order valence-corrected chi connectivity index (χ0v) is 12.3. The predicted molar refractivity (Wildman–Crippen MR) is 72.5 cm³/mol. The molecule has 1 nitrogen and oxygen atoms in total. The predicted octanol–water partition coefficient (Wildman–Crippen LogP) is 5.07. The first-order valence-electron chi connectivity index (χ1n) is 5.08. The summed E-state index contributed by atoms with van der Waals surface area (Å²) >= 11 is 6.20. The Balaban J connectivity index is 2.11. The highest BCUT2D eigenvalue weighted by atomic mass is 79.9. The maximum atomic E-state index is 13.3. The van der Waals surface area contributed by atoms with Gasteiger partial charge in [0, 0.05) is 11.6 Å². The maximum Gasteiger partial charge on any atom is 0.141 e. The van der Waals surface area contributed by atoms with E-state index in [0.717, 1.165) is 0 Å². The van der Waals surface area contributed by atoms with Gasteiger partial charge in [0.15, 0.2) is 0 Å². The third kappa shape index (κ3) is 3.09. The van der Waals surface area contributed by atoms with E-state index in [1.54, 1.807) is 24.3 Å². The van der Waals surface area contributed by atoms with Crippen molar-refractivity contribution in [2.75, 3.05) is 0 Å². The molecular formula is C13H8Br2F2O. The van der Waals surface area contributed by atoms with Gasteiger partial charge in [0.05, 0.1) is 8.95 Å². The Morgan fingerprint density at radius 2 is 1.78 bits per heavy atom. The van der Waals surface area contributed by atoms with Gasteiger partial charge >= 0.3 is 0 Å². The molecule has 0 aliphatic carbocycles. The largest absolute Gasteiger partial charge is 0.489 e. The van der Waals surface area contributed by atoms with E-state index in [4.69, 9.17) is 4.74 Å². The van der Waals surface area contributed by atoms with Gasteiger partial charge in [-0.05, 0) is 50.1 Å². The maximum absolute atomic E-state index is 13.3. The zero-order valence-electron chi connectivity index (χ0n) is 9.09. The van der Waals surface area contributed by atoms with Crippen LogP contribution >= 0.6 is 31.9 Å². The highest BCUT2D eigenvalue weighted by Crippen LogP contribution is 2.24. The van der Waals surface area contributed by atoms with E-state index in [1.165, 1.54) is 12.1 Å². The van der Waals surface area contributed by atoms with Gasteiger partial charge in [-0.3, -0.25) is 0 Å². The molecule has 0 atom stereocenters. The molecule has 94 valence electrons. The monoisotopic (exact) mass is 376 g/mol. The van der Waals surface area contributed by atoms with Gasteiger partial charge in [0.2, 0.25) is 0 Å². The number of ether oxygens (including phenoxy) is 1. The Kier molecular flexibility index (Phi) is 4.35. The average molecular weight is 378 g/mol. The van der Waals surface area contributed by atoms with Crippen LogP contribution < -0.4 is 4.74 Å². The molecule has 0 heterocycles. The Morgan fingerprint density at radius 3 is 2.50 bits per heavy atom. The van der Waals surface area contributed by atoms with Crippen LogP contribution in [0.3, 0.4) is 0 Å². The quantitative estimate of drug-likeness (QED) is 0.725. The molecule has 2 aromatic rings. The Hall–Kier alpha value is -0.940. The average Bonchev–Trinajstić information content (AvgIpc) is 2.35. The summed E-state index contributed by atoms with van der Waals surface area (Å²) in [4.78, 5) is 0. The second-order valence-electron chi connectivity index (χ2n) is 3.58. The standard InChI is InChI=1S/C13H8Br2F2O/c14-10-5-4-9(6-12(10)17)18-7-8-2-1-3-11(16)13(8)15/h1-6H,7H2. The SMILES string of the molecule is Fc1cc(OCc2cccc(F)c2Br)ccc1Br. The molecule has 0 saturated carbocycles. The van der Waals surface area contributed by atoms with Crippen LogP contribution in [0.2, 0.25) is 0 Å². The third-order valence-corrected chi connectivity index (χ3v) is 3.85. The molecule has 0 saturated heterocycles. The number of halogens is 4. The van der Waals surface area contributed by atoms with Crippen LogP contribution in [-0.2, 0) is 6.61 Å². The van der Waals surface area contributed by atoms with Gasteiger partial charge in [-0.25, -0.2) is 8.78 Å². The fourth-order valence-corrected chi connectivity index (χ4v) is 2.01. The molecule has 0 amide bonds. The first-order chi connectivity index (χ1) is 8.58. The molecule has 0 aromatic heterocycles. The van der Waals surface area contributed by atoms with E-state index in [1.807, 2.05) is 0 Å². The second-order valence-corrected chi connectivity index (χ2v) is 5.22. The van der Waals surface area contributed by atoms with Gasteiger partial charge in [-0.15, -0.1) is 0 Å². The first kappa shape index (κ1) is 13.5. The summed E-state index contributed by atoms with van der Waals surface area (Å²) in [5.74, 6) is -0.351. The summed E-state index contributed by atoms with van der Waals surface area (Å²) in [6, 6.07) is 9.17. The van der Waals surface area contributed by atoms with Crippen molar-refractivity contribution in [3.05, 3.63) is 62.5 Å². The molecule has 5 heteroatoms. The van der Waals surface area contributed by atoms with Crippen LogP contribution in [0.1, 0.15) is 5.56 Å². The van der Waals surface area contributed by atoms with Crippen molar-refractivity contribution in [3.8, 4) is 5.75 Å². The minimum Gasteiger partial charge on any atom is -0.489 e. The van der Waals surface area contributed by atoms with E-state index in [2.05, 4.69) is 31.9 Å². The summed E-state index contributed by atoms with van der Waals surface area (Å²) in [6.45, 7) is 0.166. The van der Waals surface area contributed by atoms with Crippen LogP contribution in [0.25, 0.3) is 0 Å². The number of hydrogen-bond acceptors (Lipinski definition) is 1. The van der Waals surface area contributed by atoms with E-state index < -0.39 is 5.82 Å². The van der Waals surface area contributed by atoms with Crippen molar-refractivity contribution in [3.63, 3.8) is 0 Å². The smallest absolute Gasteiger partial charge is 0.141 e. The van der Waals surface area contributed by atoms with Crippen LogP contribution in [0.15, 0.2) is 45.3 Å². The summed E-state index contributed by atoms with van der Waals surface area (Å²) in [6.07, 6.45) is 0. The summed E-state index contributed by atoms with van der Waals surface area (Å²) in [7, 11) is 0. The lowest BCUT2D eigenvalue weighted by atomic mass is 10.2. The first-order valence-corrected chi connectivity index (χ1v) is 6.67. The van der Waals surface area contributed by atoms with Crippen LogP contribution in [0.4, 0.5) is 8.78 Å². The summed E-state index contributed by atoms with van der Waals surface area (Å²) in [5.41, 5.74) is 0.665. The lowest BCUT2D eigenvalue weighted by Crippen LogP contribution is -1.98. The number of hydrogen-bond donors (Lipinski definition) is 0. The fourth-order valence-electron chi connectivity index (χ4n) is 1.39. The van der Waals surface area contributed by atoms with E-state index in [-0.39, 0.29) is 12.4 Å². The fraction of sp³-hybridized carbons (Fsp3) is 0.0769. The van der Waals surface area contributed by atoms with E-state index in [0.29, 0.717) is 20.3 Å². The minimum atomic E-state index is -0.397. The Morgan fingerprint density at radius 1 is 1.00 bits per heavy atom. The second kappa shape index (κ2) is 5.80. The summed E-state index contributed by atoms with van der Waals surface area (Å²) < 4.78 is 32.7. The van der Waals surface area contributed by atoms with Gasteiger partial charge < -0.3 is 4.74 Å². The van der Waals surface area contributed by atoms with Gasteiger partial charge in [0.1, 0.15) is 24.0 Å². The summed E-state index contributed by atoms with van der Waals surface area (Å²) in [5, 5.41) is 0. The number of rotatable bonds is 3. The van der Waals surface area contributed by atoms with Crippen LogP contribution in [-0.4, -0.2) is 0 Å². The van der Waals surface area contributed by atoms with Crippen molar-refractivity contribution in [1.82, 2.24) is 0 Å². The highest BCUT2D eigenvalue weighted by molar-refractivity contribution is 9.10. The Labute approximate surface area is 120 Å². The lowest BCUT2D eigenvalue weighted by molar-refractivity contribution is 0.303. The van der Waals surface area contributed by atoms with E-state index in [9.17, 15) is 8.78 Å². The van der Waals surface area contributed by atoms with Gasteiger partial charge in [-0.1, -0.05) is 12.1 Å². The van der Waals surface area contributed by atoms with Crippen molar-refractivity contribution < 1.29 is 13.5 Å². The zero-order chi connectivity index (χ0) is 13.1. The molecule has 0 N–H and O–H groups in total. The molecule has 18 heavy (non-hydrogen) atoms. The molecule has 2 aromatic carbocycles. The van der Waals surface area contributed by atoms with Crippen molar-refractivity contribution in [1.29, 1.82) is 0 Å². The van der Waals surface area contributed by atoms with Gasteiger partial charge in [0.25, 0.3) is 0 Å². The molecule has 2 rings (SSSR count). The van der Waals surface area contributed by atoms with E-state index >= 15 is 0 Å². The molecule has 0 unspecified atom stereocenters. The molecule has 0 aliphatic rings. The normalized spacial score (nSPS) is 10.4.